The normalized spacial score (nSPS) is 13.4. The smallest absolute Gasteiger partial charge is 0.266 e. The Kier molecular flexibility index (Phi) is 4.09. The molecule has 2 amide bonds. The van der Waals surface area contributed by atoms with Gasteiger partial charge in [0.25, 0.3) is 11.8 Å². The maximum Gasteiger partial charge on any atom is 0.266 e. The van der Waals surface area contributed by atoms with Crippen LogP contribution >= 0.6 is 27.3 Å². The number of anilines is 1. The molecule has 0 radical (unpaired) electrons. The number of halogens is 1. The van der Waals surface area contributed by atoms with Gasteiger partial charge >= 0.3 is 0 Å². The number of hydrogen-bond acceptors (Lipinski definition) is 4. The van der Waals surface area contributed by atoms with Crippen molar-refractivity contribution in [1.82, 2.24) is 0 Å². The molecule has 1 aliphatic heterocycles. The summed E-state index contributed by atoms with van der Waals surface area (Å²) >= 11 is 4.69. The van der Waals surface area contributed by atoms with Crippen molar-refractivity contribution in [2.75, 3.05) is 4.90 Å². The van der Waals surface area contributed by atoms with Crippen LogP contribution in [0.25, 0.3) is 0 Å². The molecule has 1 aliphatic rings. The second-order valence-electron chi connectivity index (χ2n) is 5.14. The first-order valence-corrected chi connectivity index (χ1v) is 8.87. The Bertz CT molecular complexity index is 879. The highest BCUT2D eigenvalue weighted by atomic mass is 79.9. The van der Waals surface area contributed by atoms with Crippen LogP contribution in [0.3, 0.4) is 0 Å². The number of rotatable bonds is 3. The maximum absolute atomic E-state index is 12.7. The SMILES string of the molecule is CCc1sc(N2C(=O)c3ccc(Br)cc3C2=O)c(C#N)c1CC. The molecule has 23 heavy (non-hydrogen) atoms. The quantitative estimate of drug-likeness (QED) is 0.735. The molecule has 0 saturated heterocycles. The number of nitrogens with zero attached hydrogens (tertiary/aromatic N) is 2. The van der Waals surface area contributed by atoms with Crippen molar-refractivity contribution in [2.24, 2.45) is 0 Å². The third kappa shape index (κ3) is 2.32. The largest absolute Gasteiger partial charge is 0.268 e. The molecule has 0 aliphatic carbocycles. The van der Waals surface area contributed by atoms with E-state index in [9.17, 15) is 14.9 Å². The number of imide groups is 1. The van der Waals surface area contributed by atoms with Crippen molar-refractivity contribution in [3.8, 4) is 6.07 Å². The molecule has 1 aromatic carbocycles. The molecule has 2 heterocycles. The van der Waals surface area contributed by atoms with Gasteiger partial charge in [-0.2, -0.15) is 5.26 Å². The first-order chi connectivity index (χ1) is 11.0. The lowest BCUT2D eigenvalue weighted by molar-refractivity contribution is 0.0927. The van der Waals surface area contributed by atoms with Gasteiger partial charge in [0.05, 0.1) is 16.7 Å². The fourth-order valence-electron chi connectivity index (χ4n) is 2.83. The molecule has 0 unspecified atom stereocenters. The van der Waals surface area contributed by atoms with E-state index in [0.717, 1.165) is 26.2 Å². The topological polar surface area (TPSA) is 61.2 Å². The zero-order chi connectivity index (χ0) is 16.7. The van der Waals surface area contributed by atoms with Crippen LogP contribution in [0.15, 0.2) is 22.7 Å². The second kappa shape index (κ2) is 5.91. The van der Waals surface area contributed by atoms with Crippen LogP contribution in [-0.4, -0.2) is 11.8 Å². The van der Waals surface area contributed by atoms with Gasteiger partial charge in [0.2, 0.25) is 0 Å². The molecule has 6 heteroatoms. The van der Waals surface area contributed by atoms with E-state index in [-0.39, 0.29) is 11.8 Å². The summed E-state index contributed by atoms with van der Waals surface area (Å²) in [5.74, 6) is -0.727. The van der Waals surface area contributed by atoms with Crippen LogP contribution in [0, 0.1) is 11.3 Å². The Hall–Kier alpha value is -1.97. The summed E-state index contributed by atoms with van der Waals surface area (Å²) in [5, 5.41) is 9.98. The number of aryl methyl sites for hydroxylation is 1. The van der Waals surface area contributed by atoms with Gasteiger partial charge in [0, 0.05) is 9.35 Å². The zero-order valence-corrected chi connectivity index (χ0v) is 15.0. The Morgan fingerprint density at radius 3 is 2.48 bits per heavy atom. The van der Waals surface area contributed by atoms with Crippen LogP contribution in [0.2, 0.25) is 0 Å². The molecule has 4 nitrogen and oxygen atoms in total. The lowest BCUT2D eigenvalue weighted by Gasteiger charge is -2.11. The summed E-state index contributed by atoms with van der Waals surface area (Å²) in [4.78, 5) is 27.6. The van der Waals surface area contributed by atoms with E-state index >= 15 is 0 Å². The van der Waals surface area contributed by atoms with E-state index in [1.165, 1.54) is 11.3 Å². The first kappa shape index (κ1) is 15.9. The molecular weight excluding hydrogens is 376 g/mol. The molecule has 3 rings (SSSR count). The summed E-state index contributed by atoms with van der Waals surface area (Å²) in [7, 11) is 0. The standard InChI is InChI=1S/C17H13BrN2O2S/c1-3-10-13(8-19)17(23-14(10)4-2)20-15(21)11-6-5-9(18)7-12(11)16(20)22/h5-7H,3-4H2,1-2H3. The minimum absolute atomic E-state index is 0.361. The highest BCUT2D eigenvalue weighted by molar-refractivity contribution is 9.10. The number of hydrogen-bond donors (Lipinski definition) is 0. The molecule has 0 spiro atoms. The van der Waals surface area contributed by atoms with E-state index in [2.05, 4.69) is 22.0 Å². The minimum atomic E-state index is -0.366. The highest BCUT2D eigenvalue weighted by Crippen LogP contribution is 2.40. The third-order valence-corrected chi connectivity index (χ3v) is 5.77. The first-order valence-electron chi connectivity index (χ1n) is 7.26. The number of benzene rings is 1. The summed E-state index contributed by atoms with van der Waals surface area (Å²) in [5.41, 5.74) is 2.14. The number of carbonyl (C=O) groups is 2. The number of amides is 2. The number of carbonyl (C=O) groups excluding carboxylic acids is 2. The summed E-state index contributed by atoms with van der Waals surface area (Å²) < 4.78 is 0.745. The monoisotopic (exact) mass is 388 g/mol. The molecule has 0 atom stereocenters. The molecule has 116 valence electrons. The van der Waals surface area contributed by atoms with Gasteiger partial charge in [-0.25, -0.2) is 4.90 Å². The van der Waals surface area contributed by atoms with Crippen LogP contribution in [-0.2, 0) is 12.8 Å². The fraction of sp³-hybridized carbons (Fsp3) is 0.235. The second-order valence-corrected chi connectivity index (χ2v) is 7.14. The lowest BCUT2D eigenvalue weighted by atomic mass is 10.1. The average Bonchev–Trinajstić information content (AvgIpc) is 3.02. The number of fused-ring (bicyclic) bond motifs is 1. The van der Waals surface area contributed by atoms with Crippen molar-refractivity contribution in [3.05, 3.63) is 49.8 Å². The highest BCUT2D eigenvalue weighted by Gasteiger charge is 2.39. The van der Waals surface area contributed by atoms with Crippen LogP contribution in [0.5, 0.6) is 0 Å². The van der Waals surface area contributed by atoms with E-state index < -0.39 is 0 Å². The number of nitriles is 1. The van der Waals surface area contributed by atoms with Gasteiger partial charge in [-0.05, 0) is 36.6 Å². The van der Waals surface area contributed by atoms with Crippen LogP contribution in [0.1, 0.15) is 50.6 Å². The van der Waals surface area contributed by atoms with Crippen molar-refractivity contribution in [1.29, 1.82) is 5.26 Å². The Morgan fingerprint density at radius 1 is 1.17 bits per heavy atom. The van der Waals surface area contributed by atoms with Crippen molar-refractivity contribution in [2.45, 2.75) is 26.7 Å². The summed E-state index contributed by atoms with van der Waals surface area (Å²) in [6.07, 6.45) is 1.48. The predicted octanol–water partition coefficient (Wildman–Crippen LogP) is 4.31. The molecule has 0 fully saturated rings. The van der Waals surface area contributed by atoms with E-state index in [4.69, 9.17) is 0 Å². The number of thiophene rings is 1. The summed E-state index contributed by atoms with van der Waals surface area (Å²) in [6.45, 7) is 3.99. The Morgan fingerprint density at radius 2 is 1.87 bits per heavy atom. The van der Waals surface area contributed by atoms with Gasteiger partial charge < -0.3 is 0 Å². The maximum atomic E-state index is 12.7. The van der Waals surface area contributed by atoms with Gasteiger partial charge in [-0.3, -0.25) is 9.59 Å². The van der Waals surface area contributed by atoms with Gasteiger partial charge in [0.15, 0.2) is 0 Å². The third-order valence-electron chi connectivity index (χ3n) is 3.91. The van der Waals surface area contributed by atoms with E-state index in [1.54, 1.807) is 18.2 Å². The molecule has 0 bridgehead atoms. The molecule has 0 saturated carbocycles. The zero-order valence-electron chi connectivity index (χ0n) is 12.6. The molecule has 0 N–H and O–H groups in total. The van der Waals surface area contributed by atoms with Crippen molar-refractivity contribution >= 4 is 44.1 Å². The van der Waals surface area contributed by atoms with Crippen molar-refractivity contribution in [3.63, 3.8) is 0 Å². The van der Waals surface area contributed by atoms with Crippen molar-refractivity contribution < 1.29 is 9.59 Å². The summed E-state index contributed by atoms with van der Waals surface area (Å²) in [6, 6.07) is 7.21. The Balaban J connectivity index is 2.18. The lowest BCUT2D eigenvalue weighted by Crippen LogP contribution is -2.29. The average molecular weight is 389 g/mol. The predicted molar refractivity (Wildman–Crippen MR) is 93.1 cm³/mol. The molecular formula is C17H13BrN2O2S. The van der Waals surface area contributed by atoms with Gasteiger partial charge in [-0.1, -0.05) is 29.8 Å². The fourth-order valence-corrected chi connectivity index (χ4v) is 4.46. The van der Waals surface area contributed by atoms with E-state index in [1.807, 2.05) is 13.8 Å². The van der Waals surface area contributed by atoms with Crippen LogP contribution in [0.4, 0.5) is 5.00 Å². The van der Waals surface area contributed by atoms with Gasteiger partial charge in [-0.15, -0.1) is 11.3 Å². The minimum Gasteiger partial charge on any atom is -0.268 e. The van der Waals surface area contributed by atoms with E-state index in [0.29, 0.717) is 28.1 Å². The Labute approximate surface area is 146 Å². The van der Waals surface area contributed by atoms with Gasteiger partial charge in [0.1, 0.15) is 11.1 Å². The molecule has 2 aromatic rings. The molecule has 1 aromatic heterocycles. The van der Waals surface area contributed by atoms with Crippen LogP contribution < -0.4 is 4.90 Å².